The van der Waals surface area contributed by atoms with Crippen LogP contribution in [0.3, 0.4) is 0 Å². The second-order valence-corrected chi connectivity index (χ2v) is 19.5. The molecule has 0 saturated carbocycles. The molecule has 0 heterocycles. The number of allylic oxidation sites excluding steroid dienone is 18. The summed E-state index contributed by atoms with van der Waals surface area (Å²) in [6.07, 6.45) is 81.1. The van der Waals surface area contributed by atoms with Crippen molar-refractivity contribution in [2.45, 2.75) is 277 Å². The molecule has 0 aliphatic rings. The summed E-state index contributed by atoms with van der Waals surface area (Å²) in [6, 6.07) is 0. The summed E-state index contributed by atoms with van der Waals surface area (Å²) in [5.41, 5.74) is 0. The Balaban J connectivity index is 4.11. The van der Waals surface area contributed by atoms with Gasteiger partial charge in [0.05, 0.1) is 0 Å². The smallest absolute Gasteiger partial charge is 0.306 e. The molecule has 0 bridgehead atoms. The van der Waals surface area contributed by atoms with Gasteiger partial charge in [-0.05, 0) is 89.9 Å². The molecule has 1 unspecified atom stereocenters. The van der Waals surface area contributed by atoms with E-state index in [1.54, 1.807) is 0 Å². The Kier molecular flexibility index (Phi) is 56.4. The molecule has 0 radical (unpaired) electrons. The maximum absolute atomic E-state index is 12.8. The maximum atomic E-state index is 12.8. The number of rotatable bonds is 53. The highest BCUT2D eigenvalue weighted by molar-refractivity contribution is 5.71. The number of ether oxygens (including phenoxy) is 3. The minimum Gasteiger partial charge on any atom is -0.462 e. The summed E-state index contributed by atoms with van der Waals surface area (Å²) >= 11 is 0. The highest BCUT2D eigenvalue weighted by Gasteiger charge is 2.19. The average Bonchev–Trinajstić information content (AvgIpc) is 3.38. The molecular weight excluding hydrogens is 889 g/mol. The molecule has 0 rings (SSSR count). The van der Waals surface area contributed by atoms with Crippen LogP contribution in [0.5, 0.6) is 0 Å². The summed E-state index contributed by atoms with van der Waals surface area (Å²) in [5.74, 6) is -0.893. The van der Waals surface area contributed by atoms with E-state index >= 15 is 0 Å². The van der Waals surface area contributed by atoms with Gasteiger partial charge in [-0.3, -0.25) is 14.4 Å². The largest absolute Gasteiger partial charge is 0.462 e. The lowest BCUT2D eigenvalue weighted by Crippen LogP contribution is -2.30. The number of hydrogen-bond donors (Lipinski definition) is 0. The van der Waals surface area contributed by atoms with Crippen molar-refractivity contribution in [2.75, 3.05) is 13.2 Å². The Morgan fingerprint density at radius 2 is 0.542 bits per heavy atom. The van der Waals surface area contributed by atoms with Crippen molar-refractivity contribution in [1.29, 1.82) is 0 Å². The Morgan fingerprint density at radius 1 is 0.292 bits per heavy atom. The van der Waals surface area contributed by atoms with Crippen LogP contribution in [0.25, 0.3) is 0 Å². The first-order valence-electron chi connectivity index (χ1n) is 29.9. The molecule has 0 aromatic heterocycles. The van der Waals surface area contributed by atoms with Crippen molar-refractivity contribution < 1.29 is 28.6 Å². The highest BCUT2D eigenvalue weighted by atomic mass is 16.6. The van der Waals surface area contributed by atoms with Crippen LogP contribution in [0.1, 0.15) is 271 Å². The average molecular weight is 1000 g/mol. The van der Waals surface area contributed by atoms with E-state index in [9.17, 15) is 14.4 Å². The molecule has 6 nitrogen and oxygen atoms in total. The van der Waals surface area contributed by atoms with Gasteiger partial charge in [-0.1, -0.05) is 271 Å². The fraction of sp³-hybridized carbons (Fsp3) is 0.682. The van der Waals surface area contributed by atoms with E-state index in [1.165, 1.54) is 109 Å². The van der Waals surface area contributed by atoms with E-state index in [4.69, 9.17) is 14.2 Å². The summed E-state index contributed by atoms with van der Waals surface area (Å²) < 4.78 is 16.8. The van der Waals surface area contributed by atoms with Crippen LogP contribution in [0.15, 0.2) is 109 Å². The third-order valence-electron chi connectivity index (χ3n) is 12.5. The predicted molar refractivity (Wildman–Crippen MR) is 311 cm³/mol. The zero-order valence-corrected chi connectivity index (χ0v) is 46.9. The van der Waals surface area contributed by atoms with Gasteiger partial charge in [0.1, 0.15) is 13.2 Å². The molecular formula is C66H110O6. The van der Waals surface area contributed by atoms with E-state index in [2.05, 4.69) is 130 Å². The van der Waals surface area contributed by atoms with Gasteiger partial charge in [0, 0.05) is 19.3 Å². The van der Waals surface area contributed by atoms with Crippen LogP contribution in [-0.4, -0.2) is 37.2 Å². The van der Waals surface area contributed by atoms with E-state index in [0.717, 1.165) is 122 Å². The second-order valence-electron chi connectivity index (χ2n) is 19.5. The highest BCUT2D eigenvalue weighted by Crippen LogP contribution is 2.15. The normalized spacial score (nSPS) is 12.9. The van der Waals surface area contributed by atoms with Crippen molar-refractivity contribution in [3.63, 3.8) is 0 Å². The summed E-state index contributed by atoms with van der Waals surface area (Å²) in [6.45, 7) is 6.48. The quantitative estimate of drug-likeness (QED) is 0.0261. The zero-order chi connectivity index (χ0) is 52.2. The van der Waals surface area contributed by atoms with Gasteiger partial charge in [-0.25, -0.2) is 0 Å². The number of carbonyl (C=O) groups excluding carboxylic acids is 3. The third kappa shape index (κ3) is 57.0. The first kappa shape index (κ1) is 68.1. The Bertz CT molecular complexity index is 1470. The van der Waals surface area contributed by atoms with E-state index in [1.807, 2.05) is 0 Å². The molecule has 0 N–H and O–H groups in total. The van der Waals surface area contributed by atoms with Crippen LogP contribution in [0, 0.1) is 0 Å². The second kappa shape index (κ2) is 59.6. The van der Waals surface area contributed by atoms with Crippen LogP contribution in [0.2, 0.25) is 0 Å². The van der Waals surface area contributed by atoms with Crippen molar-refractivity contribution >= 4 is 17.9 Å². The monoisotopic (exact) mass is 999 g/mol. The van der Waals surface area contributed by atoms with Crippen molar-refractivity contribution in [2.24, 2.45) is 0 Å². The van der Waals surface area contributed by atoms with Crippen LogP contribution in [0.4, 0.5) is 0 Å². The fourth-order valence-electron chi connectivity index (χ4n) is 8.08. The van der Waals surface area contributed by atoms with Crippen LogP contribution in [-0.2, 0) is 28.6 Å². The van der Waals surface area contributed by atoms with Crippen LogP contribution >= 0.6 is 0 Å². The lowest BCUT2D eigenvalue weighted by molar-refractivity contribution is -0.167. The molecule has 0 saturated heterocycles. The lowest BCUT2D eigenvalue weighted by Gasteiger charge is -2.18. The van der Waals surface area contributed by atoms with E-state index in [-0.39, 0.29) is 31.1 Å². The third-order valence-corrected chi connectivity index (χ3v) is 12.5. The van der Waals surface area contributed by atoms with Crippen molar-refractivity contribution in [3.8, 4) is 0 Å². The number of hydrogen-bond acceptors (Lipinski definition) is 6. The molecule has 0 aromatic carbocycles. The Labute approximate surface area is 444 Å². The van der Waals surface area contributed by atoms with Gasteiger partial charge < -0.3 is 14.2 Å². The first-order valence-corrected chi connectivity index (χ1v) is 29.9. The van der Waals surface area contributed by atoms with Crippen molar-refractivity contribution in [1.82, 2.24) is 0 Å². The van der Waals surface area contributed by atoms with Gasteiger partial charge in [0.15, 0.2) is 6.10 Å². The molecule has 72 heavy (non-hydrogen) atoms. The Morgan fingerprint density at radius 3 is 0.847 bits per heavy atom. The van der Waals surface area contributed by atoms with Crippen molar-refractivity contribution in [3.05, 3.63) is 109 Å². The molecule has 0 aromatic rings. The first-order chi connectivity index (χ1) is 35.5. The molecule has 6 heteroatoms. The standard InChI is InChI=1S/C66H110O6/c1-4-7-10-13-16-19-21-22-23-24-25-26-27-28-29-30-31-32-33-34-35-36-37-38-39-40-41-42-43-44-46-47-50-53-56-59-65(68)71-62-63(61-70-64(67)58-55-52-49-18-15-12-9-6-3)72-66(69)60-57-54-51-48-45-20-17-14-11-8-5-2/h7,10,16,19,22-23,25-26,28-29,31-32,34-35,37-38,40-41,63H,4-6,8-9,11-15,17-18,20-21,24,27,30,33,36,39,42-62H2,1-3H3/b10-7-,19-16-,23-22-,26-25-,29-28-,32-31-,35-34-,38-37-,41-40-. The lowest BCUT2D eigenvalue weighted by atomic mass is 10.1. The Hall–Kier alpha value is -3.93. The maximum Gasteiger partial charge on any atom is 0.306 e. The number of carbonyl (C=O) groups is 3. The zero-order valence-electron chi connectivity index (χ0n) is 46.9. The molecule has 0 amide bonds. The SMILES string of the molecule is CC/C=C\C/C=C\C/C=C\C/C=C\C/C=C\C/C=C\C/C=C\C/C=C\C/C=C\CCCCCCCCCC(=O)OCC(COC(=O)CCCCCCCCCC)OC(=O)CCCCCCCCCCCCC. The molecule has 0 aliphatic heterocycles. The topological polar surface area (TPSA) is 78.9 Å². The molecule has 1 atom stereocenters. The summed E-state index contributed by atoms with van der Waals surface area (Å²) in [5, 5.41) is 0. The minimum absolute atomic E-state index is 0.0783. The molecule has 0 aliphatic carbocycles. The summed E-state index contributed by atoms with van der Waals surface area (Å²) in [4.78, 5) is 37.9. The van der Waals surface area contributed by atoms with E-state index in [0.29, 0.717) is 19.3 Å². The van der Waals surface area contributed by atoms with Gasteiger partial charge in [0.25, 0.3) is 0 Å². The summed E-state index contributed by atoms with van der Waals surface area (Å²) in [7, 11) is 0. The predicted octanol–water partition coefficient (Wildman–Crippen LogP) is 20.3. The van der Waals surface area contributed by atoms with E-state index < -0.39 is 6.10 Å². The molecule has 0 fully saturated rings. The minimum atomic E-state index is -0.777. The molecule has 410 valence electrons. The van der Waals surface area contributed by atoms with Gasteiger partial charge in [-0.15, -0.1) is 0 Å². The van der Waals surface area contributed by atoms with Gasteiger partial charge >= 0.3 is 17.9 Å². The van der Waals surface area contributed by atoms with Gasteiger partial charge in [0.2, 0.25) is 0 Å². The fourth-order valence-corrected chi connectivity index (χ4v) is 8.08. The number of esters is 3. The number of unbranched alkanes of at least 4 members (excludes halogenated alkanes) is 24. The molecule has 0 spiro atoms. The van der Waals surface area contributed by atoms with Crippen LogP contribution < -0.4 is 0 Å². The van der Waals surface area contributed by atoms with Gasteiger partial charge in [-0.2, -0.15) is 0 Å².